The van der Waals surface area contributed by atoms with Crippen LogP contribution in [0.4, 0.5) is 11.4 Å². The maximum Gasteiger partial charge on any atom is 0.243 e. The lowest BCUT2D eigenvalue weighted by Gasteiger charge is -2.33. The maximum atomic E-state index is 12.5. The van der Waals surface area contributed by atoms with E-state index >= 15 is 0 Å². The van der Waals surface area contributed by atoms with Crippen LogP contribution in [0.15, 0.2) is 24.3 Å². The van der Waals surface area contributed by atoms with Gasteiger partial charge in [-0.1, -0.05) is 6.92 Å². The Morgan fingerprint density at radius 3 is 2.26 bits per heavy atom. The molecule has 0 unspecified atom stereocenters. The Morgan fingerprint density at radius 2 is 1.70 bits per heavy atom. The Bertz CT molecular complexity index is 737. The van der Waals surface area contributed by atoms with Crippen LogP contribution in [0.25, 0.3) is 0 Å². The molecule has 1 aromatic rings. The minimum Gasteiger partial charge on any atom is -0.378 e. The molecule has 0 aliphatic carbocycles. The average molecular weight is 396 g/mol. The largest absolute Gasteiger partial charge is 0.378 e. The van der Waals surface area contributed by atoms with E-state index in [1.54, 1.807) is 17.0 Å². The molecule has 0 aromatic heterocycles. The zero-order valence-electron chi connectivity index (χ0n) is 16.1. The highest BCUT2D eigenvalue weighted by atomic mass is 32.2. The van der Waals surface area contributed by atoms with Crippen LogP contribution in [0.2, 0.25) is 0 Å². The zero-order chi connectivity index (χ0) is 19.4. The molecular weight excluding hydrogens is 366 g/mol. The van der Waals surface area contributed by atoms with E-state index in [9.17, 15) is 13.2 Å². The van der Waals surface area contributed by atoms with E-state index in [1.807, 2.05) is 12.1 Å². The summed E-state index contributed by atoms with van der Waals surface area (Å²) in [6, 6.07) is 7.48. The van der Waals surface area contributed by atoms with E-state index in [2.05, 4.69) is 11.8 Å². The fourth-order valence-corrected chi connectivity index (χ4v) is 4.38. The highest BCUT2D eigenvalue weighted by Crippen LogP contribution is 2.26. The molecule has 2 aliphatic rings. The number of benzene rings is 1. The van der Waals surface area contributed by atoms with Gasteiger partial charge in [-0.2, -0.15) is 0 Å². The monoisotopic (exact) mass is 395 g/mol. The van der Waals surface area contributed by atoms with E-state index in [0.717, 1.165) is 31.0 Å². The lowest BCUT2D eigenvalue weighted by atomic mass is 9.99. The number of sulfonamides is 1. The summed E-state index contributed by atoms with van der Waals surface area (Å²) in [5.41, 5.74) is 1.62. The van der Waals surface area contributed by atoms with Crippen LogP contribution < -0.4 is 9.21 Å². The molecule has 0 N–H and O–H groups in total. The SMILES string of the molecule is CC1CCN(c2ccc(N(CC(=O)N3CCOCC3)S(C)(=O)=O)cc2)CC1. The van der Waals surface area contributed by atoms with Crippen LogP contribution in [0.1, 0.15) is 19.8 Å². The molecule has 1 aromatic carbocycles. The number of amides is 1. The van der Waals surface area contributed by atoms with Gasteiger partial charge >= 0.3 is 0 Å². The second-order valence-electron chi connectivity index (χ2n) is 7.45. The van der Waals surface area contributed by atoms with Gasteiger partial charge in [-0.15, -0.1) is 0 Å². The van der Waals surface area contributed by atoms with Crippen LogP contribution in [-0.4, -0.2) is 71.4 Å². The molecular formula is C19H29N3O4S. The average Bonchev–Trinajstić information content (AvgIpc) is 2.66. The summed E-state index contributed by atoms with van der Waals surface area (Å²) in [7, 11) is -3.56. The van der Waals surface area contributed by atoms with Gasteiger partial charge in [0, 0.05) is 31.9 Å². The van der Waals surface area contributed by atoms with Crippen molar-refractivity contribution in [3.8, 4) is 0 Å². The van der Waals surface area contributed by atoms with E-state index < -0.39 is 10.0 Å². The van der Waals surface area contributed by atoms with E-state index in [0.29, 0.717) is 32.0 Å². The molecule has 2 aliphatic heterocycles. The van der Waals surface area contributed by atoms with Gasteiger partial charge in [0.1, 0.15) is 6.54 Å². The molecule has 0 spiro atoms. The van der Waals surface area contributed by atoms with Crippen molar-refractivity contribution in [2.45, 2.75) is 19.8 Å². The van der Waals surface area contributed by atoms with Crippen LogP contribution >= 0.6 is 0 Å². The van der Waals surface area contributed by atoms with Crippen molar-refractivity contribution in [1.29, 1.82) is 0 Å². The van der Waals surface area contributed by atoms with Gasteiger partial charge in [-0.25, -0.2) is 8.42 Å². The third-order valence-corrected chi connectivity index (χ3v) is 6.47. The fourth-order valence-electron chi connectivity index (χ4n) is 3.53. The number of carbonyl (C=O) groups is 1. The van der Waals surface area contributed by atoms with Crippen molar-refractivity contribution in [1.82, 2.24) is 4.90 Å². The number of ether oxygens (including phenoxy) is 1. The molecule has 8 heteroatoms. The Labute approximate surface area is 161 Å². The molecule has 0 atom stereocenters. The predicted octanol–water partition coefficient (Wildman–Crippen LogP) is 1.55. The second kappa shape index (κ2) is 8.48. The van der Waals surface area contributed by atoms with E-state index in [-0.39, 0.29) is 12.5 Å². The number of anilines is 2. The summed E-state index contributed by atoms with van der Waals surface area (Å²) in [6.45, 7) is 6.12. The first-order valence-electron chi connectivity index (χ1n) is 9.53. The summed E-state index contributed by atoms with van der Waals surface area (Å²) < 4.78 is 31.0. The Balaban J connectivity index is 1.72. The summed E-state index contributed by atoms with van der Waals surface area (Å²) in [6.07, 6.45) is 3.48. The molecule has 0 saturated carbocycles. The number of carbonyl (C=O) groups excluding carboxylic acids is 1. The van der Waals surface area contributed by atoms with E-state index in [4.69, 9.17) is 4.74 Å². The second-order valence-corrected chi connectivity index (χ2v) is 9.36. The summed E-state index contributed by atoms with van der Waals surface area (Å²) in [4.78, 5) is 16.5. The molecule has 27 heavy (non-hydrogen) atoms. The van der Waals surface area contributed by atoms with Crippen LogP contribution in [0, 0.1) is 5.92 Å². The minimum absolute atomic E-state index is 0.181. The first kappa shape index (κ1) is 19.9. The van der Waals surface area contributed by atoms with Crippen LogP contribution in [0.3, 0.4) is 0 Å². The van der Waals surface area contributed by atoms with Crippen molar-refractivity contribution in [2.75, 3.05) is 61.4 Å². The van der Waals surface area contributed by atoms with Crippen molar-refractivity contribution in [2.24, 2.45) is 5.92 Å². The molecule has 1 amide bonds. The van der Waals surface area contributed by atoms with Crippen LogP contribution in [-0.2, 0) is 19.6 Å². The number of nitrogens with zero attached hydrogens (tertiary/aromatic N) is 3. The van der Waals surface area contributed by atoms with Gasteiger partial charge in [0.2, 0.25) is 15.9 Å². The smallest absolute Gasteiger partial charge is 0.243 e. The van der Waals surface area contributed by atoms with Gasteiger partial charge in [-0.05, 0) is 43.0 Å². The topological polar surface area (TPSA) is 70.2 Å². The molecule has 2 fully saturated rings. The maximum absolute atomic E-state index is 12.5. The van der Waals surface area contributed by atoms with Gasteiger partial charge < -0.3 is 14.5 Å². The molecule has 0 bridgehead atoms. The Hall–Kier alpha value is -1.80. The zero-order valence-corrected chi connectivity index (χ0v) is 17.0. The Morgan fingerprint density at radius 1 is 1.11 bits per heavy atom. The number of hydrogen-bond donors (Lipinski definition) is 0. The number of piperidine rings is 1. The third-order valence-electron chi connectivity index (χ3n) is 5.33. The van der Waals surface area contributed by atoms with Gasteiger partial charge in [0.05, 0.1) is 25.2 Å². The highest BCUT2D eigenvalue weighted by molar-refractivity contribution is 7.92. The van der Waals surface area contributed by atoms with Crippen molar-refractivity contribution < 1.29 is 17.9 Å². The van der Waals surface area contributed by atoms with Crippen molar-refractivity contribution in [3.05, 3.63) is 24.3 Å². The lowest BCUT2D eigenvalue weighted by molar-refractivity contribution is -0.133. The molecule has 7 nitrogen and oxygen atoms in total. The van der Waals surface area contributed by atoms with Gasteiger partial charge in [-0.3, -0.25) is 9.10 Å². The van der Waals surface area contributed by atoms with Crippen LogP contribution in [0.5, 0.6) is 0 Å². The summed E-state index contributed by atoms with van der Waals surface area (Å²) in [5.74, 6) is 0.560. The number of hydrogen-bond acceptors (Lipinski definition) is 5. The normalized spacial score (nSPS) is 19.2. The first-order valence-corrected chi connectivity index (χ1v) is 11.4. The van der Waals surface area contributed by atoms with E-state index in [1.165, 1.54) is 17.1 Å². The molecule has 2 saturated heterocycles. The summed E-state index contributed by atoms with van der Waals surface area (Å²) >= 11 is 0. The van der Waals surface area contributed by atoms with Gasteiger partial charge in [0.15, 0.2) is 0 Å². The Kier molecular flexibility index (Phi) is 6.26. The molecule has 150 valence electrons. The molecule has 3 rings (SSSR count). The highest BCUT2D eigenvalue weighted by Gasteiger charge is 2.25. The quantitative estimate of drug-likeness (QED) is 0.757. The lowest BCUT2D eigenvalue weighted by Crippen LogP contribution is -2.47. The summed E-state index contributed by atoms with van der Waals surface area (Å²) in [5, 5.41) is 0. The van der Waals surface area contributed by atoms with Crippen molar-refractivity contribution in [3.63, 3.8) is 0 Å². The van der Waals surface area contributed by atoms with Crippen molar-refractivity contribution >= 4 is 27.3 Å². The molecule has 2 heterocycles. The third kappa shape index (κ3) is 5.13. The minimum atomic E-state index is -3.56. The standard InChI is InChI=1S/C19H29N3O4S/c1-16-7-9-20(10-8-16)17-3-5-18(6-4-17)22(27(2,24)25)15-19(23)21-11-13-26-14-12-21/h3-6,16H,7-15H2,1-2H3. The number of morpholine rings is 1. The fraction of sp³-hybridized carbons (Fsp3) is 0.632. The first-order chi connectivity index (χ1) is 12.8. The number of rotatable bonds is 5. The predicted molar refractivity (Wildman–Crippen MR) is 107 cm³/mol. The van der Waals surface area contributed by atoms with Gasteiger partial charge in [0.25, 0.3) is 0 Å². The molecule has 0 radical (unpaired) electrons.